The number of thioether (sulfide) groups is 1. The molecule has 1 amide bonds. The maximum atomic E-state index is 12.2. The van der Waals surface area contributed by atoms with Crippen LogP contribution in [0.25, 0.3) is 11.3 Å². The van der Waals surface area contributed by atoms with Gasteiger partial charge in [-0.2, -0.15) is 0 Å². The van der Waals surface area contributed by atoms with Crippen molar-refractivity contribution in [1.29, 1.82) is 0 Å². The van der Waals surface area contributed by atoms with Crippen LogP contribution in [-0.2, 0) is 4.79 Å². The number of rotatable bonds is 3. The van der Waals surface area contributed by atoms with Gasteiger partial charge in [-0.25, -0.2) is 4.98 Å². The summed E-state index contributed by atoms with van der Waals surface area (Å²) in [7, 11) is 0. The van der Waals surface area contributed by atoms with Crippen molar-refractivity contribution in [3.8, 4) is 11.3 Å². The molecule has 0 bridgehead atoms. The second kappa shape index (κ2) is 5.97. The molecule has 0 unspecified atom stereocenters. The number of carbonyl (C=O) groups is 1. The lowest BCUT2D eigenvalue weighted by atomic mass is 9.96. The predicted molar refractivity (Wildman–Crippen MR) is 87.4 cm³/mol. The average Bonchev–Trinajstić information content (AvgIpc) is 2.82. The zero-order chi connectivity index (χ0) is 14.8. The first-order chi connectivity index (χ1) is 9.41. The summed E-state index contributed by atoms with van der Waals surface area (Å²) in [6.45, 7) is 5.71. The van der Waals surface area contributed by atoms with E-state index in [1.54, 1.807) is 11.8 Å². The van der Waals surface area contributed by atoms with Gasteiger partial charge in [-0.05, 0) is 6.26 Å². The Labute approximate surface area is 127 Å². The Morgan fingerprint density at radius 2 is 1.90 bits per heavy atom. The van der Waals surface area contributed by atoms with Crippen LogP contribution in [0, 0.1) is 5.41 Å². The fourth-order valence-corrected chi connectivity index (χ4v) is 3.04. The summed E-state index contributed by atoms with van der Waals surface area (Å²) < 4.78 is 0.952. The van der Waals surface area contributed by atoms with E-state index in [9.17, 15) is 4.79 Å². The molecule has 3 nitrogen and oxygen atoms in total. The standard InChI is InChI=1S/C15H18N2OS2/c1-15(2,3)13(18)17-12-11(16-14(19-4)20-12)10-8-6-5-7-9-10/h5-9H,1-4H3,(H,17,18). The molecular formula is C15H18N2OS2. The fraction of sp³-hybridized carbons (Fsp3) is 0.333. The second-order valence-corrected chi connectivity index (χ2v) is 7.48. The van der Waals surface area contributed by atoms with Crippen molar-refractivity contribution in [2.45, 2.75) is 25.1 Å². The van der Waals surface area contributed by atoms with E-state index in [-0.39, 0.29) is 5.91 Å². The van der Waals surface area contributed by atoms with E-state index in [1.807, 2.05) is 57.4 Å². The van der Waals surface area contributed by atoms with Gasteiger partial charge in [-0.1, -0.05) is 74.2 Å². The van der Waals surface area contributed by atoms with Gasteiger partial charge in [0.15, 0.2) is 4.34 Å². The van der Waals surface area contributed by atoms with Crippen molar-refractivity contribution in [2.75, 3.05) is 11.6 Å². The first-order valence-corrected chi connectivity index (χ1v) is 8.37. The second-order valence-electron chi connectivity index (χ2n) is 5.43. The summed E-state index contributed by atoms with van der Waals surface area (Å²) in [6.07, 6.45) is 1.99. The highest BCUT2D eigenvalue weighted by Gasteiger charge is 2.24. The lowest BCUT2D eigenvalue weighted by Gasteiger charge is -2.17. The van der Waals surface area contributed by atoms with Crippen LogP contribution in [0.5, 0.6) is 0 Å². The van der Waals surface area contributed by atoms with Gasteiger partial charge in [0.25, 0.3) is 0 Å². The molecule has 0 aliphatic heterocycles. The van der Waals surface area contributed by atoms with Crippen molar-refractivity contribution < 1.29 is 4.79 Å². The summed E-state index contributed by atoms with van der Waals surface area (Å²) in [4.78, 5) is 16.8. The van der Waals surface area contributed by atoms with Gasteiger partial charge in [0, 0.05) is 11.0 Å². The molecule has 0 saturated carbocycles. The molecule has 20 heavy (non-hydrogen) atoms. The van der Waals surface area contributed by atoms with E-state index < -0.39 is 5.41 Å². The number of hydrogen-bond donors (Lipinski definition) is 1. The van der Waals surface area contributed by atoms with E-state index in [1.165, 1.54) is 11.3 Å². The van der Waals surface area contributed by atoms with E-state index in [4.69, 9.17) is 0 Å². The van der Waals surface area contributed by atoms with Crippen molar-refractivity contribution >= 4 is 34.0 Å². The van der Waals surface area contributed by atoms with Crippen LogP contribution >= 0.6 is 23.1 Å². The monoisotopic (exact) mass is 306 g/mol. The van der Waals surface area contributed by atoms with Crippen LogP contribution in [0.4, 0.5) is 5.00 Å². The highest BCUT2D eigenvalue weighted by Crippen LogP contribution is 2.37. The third kappa shape index (κ3) is 3.41. The number of nitrogens with one attached hydrogen (secondary N) is 1. The maximum absolute atomic E-state index is 12.2. The van der Waals surface area contributed by atoms with Crippen molar-refractivity contribution in [2.24, 2.45) is 5.41 Å². The van der Waals surface area contributed by atoms with E-state index >= 15 is 0 Å². The normalized spacial score (nSPS) is 11.4. The highest BCUT2D eigenvalue weighted by molar-refractivity contribution is 8.00. The van der Waals surface area contributed by atoms with Crippen LogP contribution in [0.2, 0.25) is 0 Å². The number of anilines is 1. The van der Waals surface area contributed by atoms with Gasteiger partial charge in [-0.3, -0.25) is 4.79 Å². The molecule has 2 rings (SSSR count). The molecule has 0 radical (unpaired) electrons. The van der Waals surface area contributed by atoms with Crippen LogP contribution in [0.15, 0.2) is 34.7 Å². The zero-order valence-electron chi connectivity index (χ0n) is 12.1. The maximum Gasteiger partial charge on any atom is 0.230 e. The molecule has 1 heterocycles. The highest BCUT2D eigenvalue weighted by atomic mass is 32.2. The van der Waals surface area contributed by atoms with Gasteiger partial charge in [-0.15, -0.1) is 0 Å². The zero-order valence-corrected chi connectivity index (χ0v) is 13.7. The number of aromatic nitrogens is 1. The fourth-order valence-electron chi connectivity index (χ4n) is 1.55. The predicted octanol–water partition coefficient (Wildman–Crippen LogP) is 4.52. The van der Waals surface area contributed by atoms with Gasteiger partial charge in [0.2, 0.25) is 5.91 Å². The summed E-state index contributed by atoms with van der Waals surface area (Å²) in [5, 5.41) is 3.83. The summed E-state index contributed by atoms with van der Waals surface area (Å²) in [6, 6.07) is 9.93. The molecule has 1 aromatic carbocycles. The molecule has 0 aliphatic carbocycles. The van der Waals surface area contributed by atoms with Crippen LogP contribution in [-0.4, -0.2) is 17.1 Å². The van der Waals surface area contributed by atoms with Crippen LogP contribution in [0.1, 0.15) is 20.8 Å². The quantitative estimate of drug-likeness (QED) is 0.848. The average molecular weight is 306 g/mol. The van der Waals surface area contributed by atoms with Crippen molar-refractivity contribution in [1.82, 2.24) is 4.98 Å². The molecule has 0 atom stereocenters. The number of carbonyl (C=O) groups excluding carboxylic acids is 1. The van der Waals surface area contributed by atoms with Gasteiger partial charge >= 0.3 is 0 Å². The van der Waals surface area contributed by atoms with Gasteiger partial charge in [0.1, 0.15) is 10.7 Å². The lowest BCUT2D eigenvalue weighted by Crippen LogP contribution is -2.27. The Hall–Kier alpha value is -1.33. The molecule has 1 aromatic heterocycles. The minimum absolute atomic E-state index is 0.00554. The third-order valence-corrected chi connectivity index (χ3v) is 4.69. The van der Waals surface area contributed by atoms with Gasteiger partial charge in [0.05, 0.1) is 0 Å². The SMILES string of the molecule is CSc1nc(-c2ccccc2)c(NC(=O)C(C)(C)C)s1. The first-order valence-electron chi connectivity index (χ1n) is 6.33. The van der Waals surface area contributed by atoms with E-state index in [2.05, 4.69) is 10.3 Å². The summed E-state index contributed by atoms with van der Waals surface area (Å²) >= 11 is 3.11. The van der Waals surface area contributed by atoms with E-state index in [0.29, 0.717) is 0 Å². The van der Waals surface area contributed by atoms with E-state index in [0.717, 1.165) is 20.6 Å². The lowest BCUT2D eigenvalue weighted by molar-refractivity contribution is -0.123. The molecular weight excluding hydrogens is 288 g/mol. The molecule has 0 spiro atoms. The van der Waals surface area contributed by atoms with Crippen LogP contribution in [0.3, 0.4) is 0 Å². The molecule has 0 saturated heterocycles. The van der Waals surface area contributed by atoms with Crippen molar-refractivity contribution in [3.05, 3.63) is 30.3 Å². The van der Waals surface area contributed by atoms with Crippen molar-refractivity contribution in [3.63, 3.8) is 0 Å². The first kappa shape index (κ1) is 15.1. The molecule has 0 fully saturated rings. The number of thiazole rings is 1. The number of hydrogen-bond acceptors (Lipinski definition) is 4. The largest absolute Gasteiger partial charge is 0.315 e. The third-order valence-electron chi connectivity index (χ3n) is 2.74. The Balaban J connectivity index is 2.38. The smallest absolute Gasteiger partial charge is 0.230 e. The molecule has 0 aliphatic rings. The summed E-state index contributed by atoms with van der Waals surface area (Å²) in [5.41, 5.74) is 1.45. The Morgan fingerprint density at radius 1 is 1.25 bits per heavy atom. The minimum Gasteiger partial charge on any atom is -0.315 e. The topological polar surface area (TPSA) is 42.0 Å². The minimum atomic E-state index is -0.419. The molecule has 5 heteroatoms. The Morgan fingerprint density at radius 3 is 2.45 bits per heavy atom. The number of benzene rings is 1. The Kier molecular flexibility index (Phi) is 4.50. The van der Waals surface area contributed by atoms with Gasteiger partial charge < -0.3 is 5.32 Å². The Bertz CT molecular complexity index is 600. The molecule has 1 N–H and O–H groups in total. The van der Waals surface area contributed by atoms with Crippen LogP contribution < -0.4 is 5.32 Å². The summed E-state index contributed by atoms with van der Waals surface area (Å²) in [5.74, 6) is 0.00554. The molecule has 106 valence electrons. The number of amides is 1. The molecule has 2 aromatic rings. The number of nitrogens with zero attached hydrogens (tertiary/aromatic N) is 1.